The van der Waals surface area contributed by atoms with Gasteiger partial charge in [-0.3, -0.25) is 19.2 Å². The highest BCUT2D eigenvalue weighted by atomic mass is 16.6. The highest BCUT2D eigenvalue weighted by molar-refractivity contribution is 6.03. The summed E-state index contributed by atoms with van der Waals surface area (Å²) in [7, 11) is 0. The van der Waals surface area contributed by atoms with Crippen molar-refractivity contribution in [3.05, 3.63) is 96.6 Å². The number of ether oxygens (including phenoxy) is 1. The molecule has 0 saturated carbocycles. The van der Waals surface area contributed by atoms with Crippen LogP contribution in [0.5, 0.6) is 0 Å². The lowest BCUT2D eigenvalue weighted by Gasteiger charge is -2.33. The number of alkyl carbamates (subject to hydrolysis) is 1. The third-order valence-corrected chi connectivity index (χ3v) is 7.59. The second-order valence-corrected chi connectivity index (χ2v) is 12.5. The van der Waals surface area contributed by atoms with Crippen molar-refractivity contribution in [2.45, 2.75) is 58.7 Å². The number of carbonyl (C=O) groups excluding carboxylic acids is 2. The van der Waals surface area contributed by atoms with E-state index in [1.54, 1.807) is 24.9 Å². The Morgan fingerprint density at radius 2 is 1.84 bits per heavy atom. The van der Waals surface area contributed by atoms with Crippen LogP contribution in [0.25, 0.3) is 22.4 Å². The second kappa shape index (κ2) is 12.5. The van der Waals surface area contributed by atoms with Gasteiger partial charge in [-0.05, 0) is 95.1 Å². The smallest absolute Gasteiger partial charge is 0.407 e. The van der Waals surface area contributed by atoms with Crippen molar-refractivity contribution in [1.82, 2.24) is 34.3 Å². The molecule has 1 saturated heterocycles. The quantitative estimate of drug-likeness (QED) is 0.246. The van der Waals surface area contributed by atoms with Crippen molar-refractivity contribution in [2.24, 2.45) is 0 Å². The summed E-state index contributed by atoms with van der Waals surface area (Å²) in [5.74, 6) is -0.314. The molecular weight excluding hydrogens is 568 g/mol. The zero-order chi connectivity index (χ0) is 31.6. The number of nitrogens with one attached hydrogen (secondary N) is 2. The van der Waals surface area contributed by atoms with E-state index in [1.807, 2.05) is 85.5 Å². The Morgan fingerprint density at radius 1 is 1.00 bits per heavy atom. The van der Waals surface area contributed by atoms with E-state index in [2.05, 4.69) is 36.6 Å². The molecule has 2 N–H and O–H groups in total. The Balaban J connectivity index is 1.21. The van der Waals surface area contributed by atoms with Crippen LogP contribution in [0.4, 0.5) is 10.5 Å². The van der Waals surface area contributed by atoms with Crippen molar-refractivity contribution in [2.75, 3.05) is 18.4 Å². The molecular formula is C34H38N8O3. The molecule has 45 heavy (non-hydrogen) atoms. The molecule has 0 aliphatic carbocycles. The largest absolute Gasteiger partial charge is 0.444 e. The maximum Gasteiger partial charge on any atom is 0.407 e. The highest BCUT2D eigenvalue weighted by Gasteiger charge is 2.24. The first-order chi connectivity index (χ1) is 21.6. The number of aromatic nitrogens is 5. The van der Waals surface area contributed by atoms with Crippen LogP contribution >= 0.6 is 0 Å². The molecule has 2 amide bonds. The minimum atomic E-state index is -0.546. The zero-order valence-electron chi connectivity index (χ0n) is 26.0. The van der Waals surface area contributed by atoms with Crippen LogP contribution in [0.3, 0.4) is 0 Å². The number of anilines is 1. The number of carbonyl (C=O) groups is 2. The number of piperidine rings is 1. The number of nitrogens with zero attached hydrogens (tertiary/aromatic N) is 6. The fourth-order valence-electron chi connectivity index (χ4n) is 5.65. The molecule has 11 nitrogen and oxygen atoms in total. The van der Waals surface area contributed by atoms with E-state index in [-0.39, 0.29) is 11.9 Å². The lowest BCUT2D eigenvalue weighted by molar-refractivity contribution is 0.0470. The molecule has 4 heterocycles. The van der Waals surface area contributed by atoms with E-state index >= 15 is 0 Å². The molecule has 1 aliphatic rings. The number of amides is 2. The van der Waals surface area contributed by atoms with Crippen molar-refractivity contribution >= 4 is 28.7 Å². The molecule has 0 spiro atoms. The van der Waals surface area contributed by atoms with E-state index in [1.165, 1.54) is 0 Å². The van der Waals surface area contributed by atoms with Gasteiger partial charge in [-0.1, -0.05) is 12.1 Å². The van der Waals surface area contributed by atoms with Crippen molar-refractivity contribution in [3.63, 3.8) is 0 Å². The molecule has 0 bridgehead atoms. The number of rotatable bonds is 7. The molecule has 1 aliphatic heterocycles. The van der Waals surface area contributed by atoms with Crippen LogP contribution in [-0.4, -0.2) is 65.7 Å². The van der Waals surface area contributed by atoms with E-state index < -0.39 is 11.7 Å². The monoisotopic (exact) mass is 606 g/mol. The molecule has 6 rings (SSSR count). The van der Waals surface area contributed by atoms with Crippen LogP contribution in [0, 0.1) is 6.92 Å². The summed E-state index contributed by atoms with van der Waals surface area (Å²) in [6, 6.07) is 17.5. The number of pyridine rings is 1. The summed E-state index contributed by atoms with van der Waals surface area (Å²) in [4.78, 5) is 41.5. The Morgan fingerprint density at radius 3 is 2.64 bits per heavy atom. The lowest BCUT2D eigenvalue weighted by Crippen LogP contribution is -2.48. The van der Waals surface area contributed by atoms with Crippen LogP contribution in [0.1, 0.15) is 55.4 Å². The SMILES string of the molecule is Cc1cn(-c2cc(CN3CCC[C@H](NC(=O)OC(C)(C)C)C3)cc(NC(=O)c3cc(-n4cnc5ccccc54)ccn3)c2)cn1. The summed E-state index contributed by atoms with van der Waals surface area (Å²) in [5, 5.41) is 6.09. The average Bonchev–Trinajstić information content (AvgIpc) is 3.63. The minimum absolute atomic E-state index is 0.00165. The van der Waals surface area contributed by atoms with Gasteiger partial charge in [-0.25, -0.2) is 14.8 Å². The molecule has 0 radical (unpaired) electrons. The maximum atomic E-state index is 13.5. The van der Waals surface area contributed by atoms with Crippen LogP contribution in [0.15, 0.2) is 79.6 Å². The molecule has 0 unspecified atom stereocenters. The summed E-state index contributed by atoms with van der Waals surface area (Å²) in [5.41, 5.74) is 5.83. The topological polar surface area (TPSA) is 119 Å². The first-order valence-corrected chi connectivity index (χ1v) is 15.2. The number of benzene rings is 2. The van der Waals surface area contributed by atoms with E-state index in [9.17, 15) is 9.59 Å². The molecule has 232 valence electrons. The van der Waals surface area contributed by atoms with Crippen molar-refractivity contribution in [3.8, 4) is 11.4 Å². The Kier molecular flexibility index (Phi) is 8.36. The van der Waals surface area contributed by atoms with Gasteiger partial charge in [0.05, 0.1) is 28.7 Å². The van der Waals surface area contributed by atoms with Gasteiger partial charge < -0.3 is 19.9 Å². The van der Waals surface area contributed by atoms with Gasteiger partial charge in [0, 0.05) is 42.9 Å². The van der Waals surface area contributed by atoms with Gasteiger partial charge in [0.1, 0.15) is 17.6 Å². The van der Waals surface area contributed by atoms with Gasteiger partial charge in [0.2, 0.25) is 0 Å². The lowest BCUT2D eigenvalue weighted by atomic mass is 10.0. The van der Waals surface area contributed by atoms with Crippen molar-refractivity contribution < 1.29 is 14.3 Å². The molecule has 1 atom stereocenters. The molecule has 1 fully saturated rings. The number of hydrogen-bond donors (Lipinski definition) is 2. The Labute approximate surface area is 262 Å². The summed E-state index contributed by atoms with van der Waals surface area (Å²) >= 11 is 0. The number of fused-ring (bicyclic) bond motifs is 1. The molecule has 3 aromatic heterocycles. The number of aryl methyl sites for hydroxylation is 1. The van der Waals surface area contributed by atoms with Crippen LogP contribution < -0.4 is 10.6 Å². The van der Waals surface area contributed by atoms with Gasteiger partial charge in [0.25, 0.3) is 5.91 Å². The van der Waals surface area contributed by atoms with Gasteiger partial charge in [-0.2, -0.15) is 0 Å². The van der Waals surface area contributed by atoms with Gasteiger partial charge in [0.15, 0.2) is 0 Å². The second-order valence-electron chi connectivity index (χ2n) is 12.5. The van der Waals surface area contributed by atoms with E-state index in [4.69, 9.17) is 4.74 Å². The standard InChI is InChI=1S/C34H38N8O3/c1-23-18-41(21-36-23)28-15-24(19-40-13-7-8-25(20-40)39-33(44)45-34(2,3)4)14-26(16-28)38-32(43)30-17-27(11-12-35-30)42-22-37-29-9-5-6-10-31(29)42/h5-6,9-12,14-18,21-22,25H,7-8,13,19-20H2,1-4H3,(H,38,43)(H,39,44)/t25-/m0/s1. The number of imidazole rings is 2. The first kappa shape index (κ1) is 30.0. The zero-order valence-corrected chi connectivity index (χ0v) is 26.0. The Bertz CT molecular complexity index is 1840. The van der Waals surface area contributed by atoms with Crippen LogP contribution in [0.2, 0.25) is 0 Å². The fourth-order valence-corrected chi connectivity index (χ4v) is 5.65. The molecule has 11 heteroatoms. The van der Waals surface area contributed by atoms with Crippen molar-refractivity contribution in [1.29, 1.82) is 0 Å². The number of likely N-dealkylation sites (tertiary alicyclic amines) is 1. The van der Waals surface area contributed by atoms with E-state index in [0.29, 0.717) is 24.5 Å². The van der Waals surface area contributed by atoms with Crippen LogP contribution in [-0.2, 0) is 11.3 Å². The molecule has 2 aromatic carbocycles. The first-order valence-electron chi connectivity index (χ1n) is 15.2. The number of hydrogen-bond acceptors (Lipinski definition) is 7. The predicted molar refractivity (Wildman–Crippen MR) is 173 cm³/mol. The highest BCUT2D eigenvalue weighted by Crippen LogP contribution is 2.24. The predicted octanol–water partition coefficient (Wildman–Crippen LogP) is 5.66. The summed E-state index contributed by atoms with van der Waals surface area (Å²) < 4.78 is 9.36. The number of para-hydroxylation sites is 2. The Hall–Kier alpha value is -5.03. The maximum absolute atomic E-state index is 13.5. The summed E-state index contributed by atoms with van der Waals surface area (Å²) in [6.45, 7) is 9.78. The van der Waals surface area contributed by atoms with Gasteiger partial charge in [-0.15, -0.1) is 0 Å². The minimum Gasteiger partial charge on any atom is -0.444 e. The average molecular weight is 607 g/mol. The third-order valence-electron chi connectivity index (χ3n) is 7.59. The van der Waals surface area contributed by atoms with Gasteiger partial charge >= 0.3 is 6.09 Å². The normalized spacial score (nSPS) is 15.6. The third kappa shape index (κ3) is 7.38. The fraction of sp³-hybridized carbons (Fsp3) is 0.324. The molecule has 5 aromatic rings. The van der Waals surface area contributed by atoms with E-state index in [0.717, 1.165) is 53.1 Å². The summed E-state index contributed by atoms with van der Waals surface area (Å²) in [6.07, 6.45) is 8.56.